The summed E-state index contributed by atoms with van der Waals surface area (Å²) in [5.41, 5.74) is 6.40. The number of fused-ring (bicyclic) bond motifs is 3. The monoisotopic (exact) mass is 234 g/mol. The van der Waals surface area contributed by atoms with Crippen molar-refractivity contribution in [2.45, 2.75) is 6.04 Å². The second-order valence-electron chi connectivity index (χ2n) is 4.25. The summed E-state index contributed by atoms with van der Waals surface area (Å²) in [5, 5.41) is 3.33. The van der Waals surface area contributed by atoms with Crippen molar-refractivity contribution in [1.29, 1.82) is 0 Å². The van der Waals surface area contributed by atoms with Gasteiger partial charge in [0.2, 0.25) is 5.88 Å². The summed E-state index contributed by atoms with van der Waals surface area (Å²) in [6, 6.07) is 3.85. The van der Waals surface area contributed by atoms with Crippen molar-refractivity contribution in [2.24, 2.45) is 5.73 Å². The lowest BCUT2D eigenvalue weighted by Crippen LogP contribution is -2.55. The SMILES string of the molecule is NC(=O)c1ccc2c(n1)OCC1CNCCN21. The highest BCUT2D eigenvalue weighted by Crippen LogP contribution is 2.32. The molecule has 0 saturated carbocycles. The summed E-state index contributed by atoms with van der Waals surface area (Å²) < 4.78 is 5.58. The number of hydrogen-bond donors (Lipinski definition) is 2. The largest absolute Gasteiger partial charge is 0.474 e. The first-order valence-corrected chi connectivity index (χ1v) is 5.67. The number of amides is 1. The minimum atomic E-state index is -0.529. The standard InChI is InChI=1S/C11H14N4O2/c12-10(16)8-1-2-9-11(14-8)17-6-7-5-13-3-4-15(7)9/h1-2,7,13H,3-6H2,(H2,12,16). The molecule has 1 saturated heterocycles. The number of nitrogens with zero attached hydrogens (tertiary/aromatic N) is 2. The molecule has 3 rings (SSSR count). The molecule has 1 aromatic rings. The number of hydrogen-bond acceptors (Lipinski definition) is 5. The van der Waals surface area contributed by atoms with Crippen molar-refractivity contribution < 1.29 is 9.53 Å². The fraction of sp³-hybridized carbons (Fsp3) is 0.455. The van der Waals surface area contributed by atoms with Crippen LogP contribution >= 0.6 is 0 Å². The zero-order valence-electron chi connectivity index (χ0n) is 9.35. The second kappa shape index (κ2) is 3.89. The molecule has 3 heterocycles. The number of aromatic nitrogens is 1. The average Bonchev–Trinajstić information content (AvgIpc) is 2.38. The van der Waals surface area contributed by atoms with E-state index in [4.69, 9.17) is 10.5 Å². The summed E-state index contributed by atoms with van der Waals surface area (Å²) in [6.45, 7) is 3.39. The first-order valence-electron chi connectivity index (χ1n) is 5.67. The third kappa shape index (κ3) is 1.70. The minimum absolute atomic E-state index is 0.248. The van der Waals surface area contributed by atoms with Gasteiger partial charge in [0.05, 0.1) is 6.04 Å². The molecule has 1 unspecified atom stereocenters. The highest BCUT2D eigenvalue weighted by atomic mass is 16.5. The summed E-state index contributed by atoms with van der Waals surface area (Å²) >= 11 is 0. The Hall–Kier alpha value is -1.82. The van der Waals surface area contributed by atoms with Crippen LogP contribution in [0.2, 0.25) is 0 Å². The van der Waals surface area contributed by atoms with Crippen LogP contribution in [0.1, 0.15) is 10.5 Å². The Kier molecular flexibility index (Phi) is 2.36. The van der Waals surface area contributed by atoms with Gasteiger partial charge in [0.15, 0.2) is 0 Å². The van der Waals surface area contributed by atoms with Crippen LogP contribution in [0, 0.1) is 0 Å². The molecule has 6 heteroatoms. The summed E-state index contributed by atoms with van der Waals surface area (Å²) in [4.78, 5) is 17.5. The molecule has 3 N–H and O–H groups in total. The number of carbonyl (C=O) groups is 1. The summed E-state index contributed by atoms with van der Waals surface area (Å²) in [6.07, 6.45) is 0. The van der Waals surface area contributed by atoms with Crippen LogP contribution in [0.5, 0.6) is 5.88 Å². The number of carbonyl (C=O) groups excluding carboxylic acids is 1. The predicted molar refractivity (Wildman–Crippen MR) is 62.3 cm³/mol. The van der Waals surface area contributed by atoms with Crippen LogP contribution in [0.15, 0.2) is 12.1 Å². The quantitative estimate of drug-likeness (QED) is 0.675. The van der Waals surface area contributed by atoms with Gasteiger partial charge in [-0.25, -0.2) is 4.98 Å². The molecule has 0 bridgehead atoms. The number of primary amides is 1. The van der Waals surface area contributed by atoms with Crippen LogP contribution in [0.25, 0.3) is 0 Å². The highest BCUT2D eigenvalue weighted by molar-refractivity contribution is 5.91. The van der Waals surface area contributed by atoms with Gasteiger partial charge in [-0.1, -0.05) is 0 Å². The fourth-order valence-corrected chi connectivity index (χ4v) is 2.30. The van der Waals surface area contributed by atoms with E-state index in [9.17, 15) is 4.79 Å². The minimum Gasteiger partial charge on any atom is -0.474 e. The molecule has 17 heavy (non-hydrogen) atoms. The maximum absolute atomic E-state index is 11.1. The fourth-order valence-electron chi connectivity index (χ4n) is 2.30. The lowest BCUT2D eigenvalue weighted by atomic mass is 10.1. The molecule has 0 spiro atoms. The van der Waals surface area contributed by atoms with Crippen LogP contribution in [0.3, 0.4) is 0 Å². The van der Waals surface area contributed by atoms with Crippen LogP contribution in [-0.4, -0.2) is 43.2 Å². The van der Waals surface area contributed by atoms with Gasteiger partial charge < -0.3 is 20.7 Å². The van der Waals surface area contributed by atoms with E-state index < -0.39 is 5.91 Å². The number of anilines is 1. The second-order valence-corrected chi connectivity index (χ2v) is 4.25. The smallest absolute Gasteiger partial charge is 0.267 e. The maximum Gasteiger partial charge on any atom is 0.267 e. The van der Waals surface area contributed by atoms with Gasteiger partial charge >= 0.3 is 0 Å². The maximum atomic E-state index is 11.1. The third-order valence-electron chi connectivity index (χ3n) is 3.16. The molecule has 90 valence electrons. The van der Waals surface area contributed by atoms with Crippen LogP contribution in [-0.2, 0) is 0 Å². The third-order valence-corrected chi connectivity index (χ3v) is 3.16. The Morgan fingerprint density at radius 3 is 3.29 bits per heavy atom. The van der Waals surface area contributed by atoms with E-state index in [2.05, 4.69) is 15.2 Å². The normalized spacial score (nSPS) is 22.4. The first-order chi connectivity index (χ1) is 8.25. The molecule has 2 aliphatic rings. The number of piperazine rings is 1. The molecule has 2 aliphatic heterocycles. The Balaban J connectivity index is 1.97. The van der Waals surface area contributed by atoms with Crippen molar-refractivity contribution in [1.82, 2.24) is 10.3 Å². The van der Waals surface area contributed by atoms with Gasteiger partial charge in [-0.15, -0.1) is 0 Å². The molecule has 0 aromatic carbocycles. The molecular weight excluding hydrogens is 220 g/mol. The lowest BCUT2D eigenvalue weighted by molar-refractivity contribution is 0.0994. The van der Waals surface area contributed by atoms with Gasteiger partial charge in [-0.2, -0.15) is 0 Å². The number of rotatable bonds is 1. The van der Waals surface area contributed by atoms with E-state index >= 15 is 0 Å². The van der Waals surface area contributed by atoms with Gasteiger partial charge in [0, 0.05) is 19.6 Å². The average molecular weight is 234 g/mol. The van der Waals surface area contributed by atoms with Crippen molar-refractivity contribution in [2.75, 3.05) is 31.1 Å². The van der Waals surface area contributed by atoms with Crippen molar-refractivity contribution in [3.8, 4) is 5.88 Å². The Morgan fingerprint density at radius 1 is 1.59 bits per heavy atom. The van der Waals surface area contributed by atoms with E-state index in [1.54, 1.807) is 6.07 Å². The van der Waals surface area contributed by atoms with Crippen LogP contribution in [0.4, 0.5) is 5.69 Å². The molecular formula is C11H14N4O2. The predicted octanol–water partition coefficient (Wildman–Crippen LogP) is -0.649. The molecule has 0 radical (unpaired) electrons. The Bertz CT molecular complexity index is 463. The zero-order chi connectivity index (χ0) is 11.8. The zero-order valence-corrected chi connectivity index (χ0v) is 9.35. The number of ether oxygens (including phenoxy) is 1. The Morgan fingerprint density at radius 2 is 2.47 bits per heavy atom. The first kappa shape index (κ1) is 10.3. The van der Waals surface area contributed by atoms with E-state index in [0.717, 1.165) is 25.3 Å². The number of nitrogens with one attached hydrogen (secondary N) is 1. The van der Waals surface area contributed by atoms with E-state index in [-0.39, 0.29) is 5.69 Å². The van der Waals surface area contributed by atoms with Crippen molar-refractivity contribution >= 4 is 11.6 Å². The number of nitrogens with two attached hydrogens (primary N) is 1. The van der Waals surface area contributed by atoms with E-state index in [0.29, 0.717) is 18.5 Å². The molecule has 6 nitrogen and oxygen atoms in total. The van der Waals surface area contributed by atoms with Crippen molar-refractivity contribution in [3.05, 3.63) is 17.8 Å². The van der Waals surface area contributed by atoms with Crippen molar-refractivity contribution in [3.63, 3.8) is 0 Å². The van der Waals surface area contributed by atoms with E-state index in [1.807, 2.05) is 6.07 Å². The number of pyridine rings is 1. The van der Waals surface area contributed by atoms with Gasteiger partial charge in [0.1, 0.15) is 18.0 Å². The topological polar surface area (TPSA) is 80.5 Å². The van der Waals surface area contributed by atoms with Gasteiger partial charge in [-0.05, 0) is 12.1 Å². The van der Waals surface area contributed by atoms with Gasteiger partial charge in [-0.3, -0.25) is 4.79 Å². The van der Waals surface area contributed by atoms with Gasteiger partial charge in [0.25, 0.3) is 5.91 Å². The molecule has 1 fully saturated rings. The lowest BCUT2D eigenvalue weighted by Gasteiger charge is -2.41. The molecule has 0 aliphatic carbocycles. The highest BCUT2D eigenvalue weighted by Gasteiger charge is 2.30. The molecule has 1 amide bonds. The van der Waals surface area contributed by atoms with E-state index in [1.165, 1.54) is 0 Å². The Labute approximate surface area is 98.8 Å². The summed E-state index contributed by atoms with van der Waals surface area (Å²) in [7, 11) is 0. The summed E-state index contributed by atoms with van der Waals surface area (Å²) in [5.74, 6) is -0.0155. The molecule has 1 aromatic heterocycles. The van der Waals surface area contributed by atoms with Crippen LogP contribution < -0.4 is 20.7 Å². The molecule has 1 atom stereocenters.